The van der Waals surface area contributed by atoms with E-state index in [2.05, 4.69) is 25.9 Å². The number of hydrogen-bond acceptors (Lipinski definition) is 2. The maximum atomic E-state index is 11.1. The molecule has 1 aromatic heterocycles. The lowest BCUT2D eigenvalue weighted by Crippen LogP contribution is -2.13. The molecule has 1 aliphatic carbocycles. The van der Waals surface area contributed by atoms with Gasteiger partial charge in [0.05, 0.1) is 0 Å². The van der Waals surface area contributed by atoms with Crippen LogP contribution >= 0.6 is 15.9 Å². The molecule has 1 heterocycles. The van der Waals surface area contributed by atoms with Crippen molar-refractivity contribution in [3.05, 3.63) is 26.8 Å². The molecule has 1 aromatic rings. The maximum absolute atomic E-state index is 11.1. The van der Waals surface area contributed by atoms with Crippen LogP contribution in [0.1, 0.15) is 24.5 Å². The van der Waals surface area contributed by atoms with Crippen molar-refractivity contribution in [2.45, 2.75) is 18.8 Å². The van der Waals surface area contributed by atoms with E-state index in [1.807, 2.05) is 0 Å². The minimum atomic E-state index is -0.0456. The molecule has 58 valence electrons. The van der Waals surface area contributed by atoms with Gasteiger partial charge in [0.1, 0.15) is 10.3 Å². The number of halogens is 1. The number of aromatic nitrogens is 2. The van der Waals surface area contributed by atoms with Gasteiger partial charge in [-0.25, -0.2) is 4.98 Å². The van der Waals surface area contributed by atoms with Gasteiger partial charge in [-0.1, -0.05) is 0 Å². The van der Waals surface area contributed by atoms with Crippen LogP contribution in [0.25, 0.3) is 0 Å². The quantitative estimate of drug-likeness (QED) is 0.769. The minimum absolute atomic E-state index is 0.0456. The number of nitrogens with zero attached hydrogens (tertiary/aromatic N) is 1. The standard InChI is InChI=1S/C7H7BrN2O/c8-5-3-9-7(11)6(10-5)4-1-2-4/h3-4H,1-2H2,(H,9,11). The summed E-state index contributed by atoms with van der Waals surface area (Å²) in [5.41, 5.74) is 0.634. The molecule has 0 unspecified atom stereocenters. The van der Waals surface area contributed by atoms with Crippen molar-refractivity contribution in [2.75, 3.05) is 0 Å². The van der Waals surface area contributed by atoms with Crippen LogP contribution in [0, 0.1) is 0 Å². The largest absolute Gasteiger partial charge is 0.325 e. The third-order valence-electron chi connectivity index (χ3n) is 1.75. The van der Waals surface area contributed by atoms with E-state index in [0.717, 1.165) is 12.8 Å². The second-order valence-corrected chi connectivity index (χ2v) is 3.52. The first-order valence-electron chi connectivity index (χ1n) is 3.52. The topological polar surface area (TPSA) is 45.8 Å². The van der Waals surface area contributed by atoms with Crippen molar-refractivity contribution < 1.29 is 0 Å². The van der Waals surface area contributed by atoms with Gasteiger partial charge in [0.2, 0.25) is 0 Å². The molecule has 1 saturated carbocycles. The maximum Gasteiger partial charge on any atom is 0.269 e. The highest BCUT2D eigenvalue weighted by Gasteiger charge is 2.27. The number of H-pyrrole nitrogens is 1. The highest BCUT2D eigenvalue weighted by Crippen LogP contribution is 2.37. The Balaban J connectivity index is 2.51. The van der Waals surface area contributed by atoms with Gasteiger partial charge >= 0.3 is 0 Å². The molecule has 2 rings (SSSR count). The summed E-state index contributed by atoms with van der Waals surface area (Å²) >= 11 is 3.21. The first-order chi connectivity index (χ1) is 5.27. The zero-order valence-corrected chi connectivity index (χ0v) is 7.39. The predicted molar refractivity (Wildman–Crippen MR) is 44.5 cm³/mol. The Morgan fingerprint density at radius 3 is 3.00 bits per heavy atom. The molecule has 11 heavy (non-hydrogen) atoms. The van der Waals surface area contributed by atoms with Gasteiger partial charge in [0, 0.05) is 12.1 Å². The van der Waals surface area contributed by atoms with Crippen LogP contribution in [0.5, 0.6) is 0 Å². The summed E-state index contributed by atoms with van der Waals surface area (Å²) in [5.74, 6) is 0.413. The lowest BCUT2D eigenvalue weighted by molar-refractivity contribution is 0.938. The molecule has 0 saturated heterocycles. The van der Waals surface area contributed by atoms with Gasteiger partial charge in [-0.05, 0) is 28.8 Å². The first kappa shape index (κ1) is 7.03. The molecule has 0 spiro atoms. The fourth-order valence-electron chi connectivity index (χ4n) is 1.03. The van der Waals surface area contributed by atoms with Crippen molar-refractivity contribution in [1.29, 1.82) is 0 Å². The minimum Gasteiger partial charge on any atom is -0.325 e. The Bertz CT molecular complexity index is 329. The zero-order valence-electron chi connectivity index (χ0n) is 5.80. The zero-order chi connectivity index (χ0) is 7.84. The SMILES string of the molecule is O=c1[nH]cc(Br)nc1C1CC1. The second-order valence-electron chi connectivity index (χ2n) is 2.71. The van der Waals surface area contributed by atoms with Crippen molar-refractivity contribution in [2.24, 2.45) is 0 Å². The Kier molecular flexibility index (Phi) is 1.56. The third-order valence-corrected chi connectivity index (χ3v) is 2.15. The molecular weight excluding hydrogens is 208 g/mol. The molecular formula is C7H7BrN2O. The summed E-state index contributed by atoms with van der Waals surface area (Å²) in [6, 6.07) is 0. The van der Waals surface area contributed by atoms with Gasteiger partial charge < -0.3 is 4.98 Å². The molecule has 0 aliphatic heterocycles. The molecule has 4 heteroatoms. The molecule has 3 nitrogen and oxygen atoms in total. The van der Waals surface area contributed by atoms with Crippen LogP contribution in [-0.2, 0) is 0 Å². The van der Waals surface area contributed by atoms with E-state index in [0.29, 0.717) is 16.2 Å². The summed E-state index contributed by atoms with van der Waals surface area (Å²) in [7, 11) is 0. The molecule has 1 aliphatic rings. The van der Waals surface area contributed by atoms with Crippen LogP contribution in [-0.4, -0.2) is 9.97 Å². The summed E-state index contributed by atoms with van der Waals surface area (Å²) in [6.45, 7) is 0. The number of hydrogen-bond donors (Lipinski definition) is 1. The lowest BCUT2D eigenvalue weighted by Gasteiger charge is -1.94. The Labute approximate surface area is 72.0 Å². The third kappa shape index (κ3) is 1.35. The van der Waals surface area contributed by atoms with Crippen LogP contribution < -0.4 is 5.56 Å². The van der Waals surface area contributed by atoms with Crippen molar-refractivity contribution >= 4 is 15.9 Å². The van der Waals surface area contributed by atoms with Gasteiger partial charge in [-0.2, -0.15) is 0 Å². The van der Waals surface area contributed by atoms with Crippen LogP contribution in [0.15, 0.2) is 15.6 Å². The Morgan fingerprint density at radius 1 is 1.64 bits per heavy atom. The molecule has 0 radical (unpaired) electrons. The smallest absolute Gasteiger partial charge is 0.269 e. The predicted octanol–water partition coefficient (Wildman–Crippen LogP) is 1.41. The molecule has 1 N–H and O–H groups in total. The monoisotopic (exact) mass is 214 g/mol. The summed E-state index contributed by atoms with van der Waals surface area (Å²) in [6.07, 6.45) is 3.77. The van der Waals surface area contributed by atoms with Crippen molar-refractivity contribution in [3.8, 4) is 0 Å². The normalized spacial score (nSPS) is 16.8. The highest BCUT2D eigenvalue weighted by molar-refractivity contribution is 9.10. The summed E-state index contributed by atoms with van der Waals surface area (Å²) < 4.78 is 0.707. The highest BCUT2D eigenvalue weighted by atomic mass is 79.9. The van der Waals surface area contributed by atoms with Crippen LogP contribution in [0.2, 0.25) is 0 Å². The first-order valence-corrected chi connectivity index (χ1v) is 4.32. The fourth-order valence-corrected chi connectivity index (χ4v) is 1.34. The number of rotatable bonds is 1. The number of aromatic amines is 1. The Hall–Kier alpha value is -0.640. The summed E-state index contributed by atoms with van der Waals surface area (Å²) in [5, 5.41) is 0. The van der Waals surface area contributed by atoms with E-state index in [-0.39, 0.29) is 5.56 Å². The molecule has 0 atom stereocenters. The van der Waals surface area contributed by atoms with Crippen molar-refractivity contribution in [1.82, 2.24) is 9.97 Å². The Morgan fingerprint density at radius 2 is 2.36 bits per heavy atom. The van der Waals surface area contributed by atoms with Crippen LogP contribution in [0.3, 0.4) is 0 Å². The van der Waals surface area contributed by atoms with E-state index in [9.17, 15) is 4.79 Å². The molecule has 0 aromatic carbocycles. The fraction of sp³-hybridized carbons (Fsp3) is 0.429. The van der Waals surface area contributed by atoms with E-state index >= 15 is 0 Å². The lowest BCUT2D eigenvalue weighted by atomic mass is 10.3. The average Bonchev–Trinajstić information content (AvgIpc) is 2.76. The van der Waals surface area contributed by atoms with Crippen molar-refractivity contribution in [3.63, 3.8) is 0 Å². The van der Waals surface area contributed by atoms with E-state index < -0.39 is 0 Å². The van der Waals surface area contributed by atoms with Gasteiger partial charge in [-0.3, -0.25) is 4.79 Å². The van der Waals surface area contributed by atoms with Gasteiger partial charge in [0.25, 0.3) is 5.56 Å². The van der Waals surface area contributed by atoms with E-state index in [1.54, 1.807) is 6.20 Å². The second kappa shape index (κ2) is 2.44. The number of nitrogens with one attached hydrogen (secondary N) is 1. The van der Waals surface area contributed by atoms with E-state index in [4.69, 9.17) is 0 Å². The molecule has 1 fully saturated rings. The van der Waals surface area contributed by atoms with Crippen LogP contribution in [0.4, 0.5) is 0 Å². The average molecular weight is 215 g/mol. The van der Waals surface area contributed by atoms with Gasteiger partial charge in [-0.15, -0.1) is 0 Å². The van der Waals surface area contributed by atoms with E-state index in [1.165, 1.54) is 0 Å². The summed E-state index contributed by atoms with van der Waals surface area (Å²) in [4.78, 5) is 17.8. The molecule has 0 amide bonds. The van der Waals surface area contributed by atoms with Gasteiger partial charge in [0.15, 0.2) is 0 Å². The molecule has 0 bridgehead atoms.